The molecule has 7 N–H and O–H groups in total. The molecule has 11 unspecified atom stereocenters. The molecule has 0 bridgehead atoms. The molecule has 2 rings (SSSR count). The zero-order valence-corrected chi connectivity index (χ0v) is 37.8. The summed E-state index contributed by atoms with van der Waals surface area (Å²) < 4.78 is 33.8. The minimum atomic E-state index is -1.71. The maximum absolute atomic E-state index is 12.6. The van der Waals surface area contributed by atoms with Gasteiger partial charge in [-0.2, -0.15) is 0 Å². The fraction of sp³-hybridized carbons (Fsp3) is 0.694. The molecule has 63 heavy (non-hydrogen) atoms. The zero-order valence-electron chi connectivity index (χ0n) is 37.8. The maximum Gasteiger partial charge on any atom is 0.306 e. The maximum atomic E-state index is 12.6. The Kier molecular flexibility index (Phi) is 32.5. The highest BCUT2D eigenvalue weighted by atomic mass is 16.7. The average molecular weight is 893 g/mol. The largest absolute Gasteiger partial charge is 0.457 e. The van der Waals surface area contributed by atoms with E-state index in [9.17, 15) is 40.5 Å². The molecule has 0 saturated carbocycles. The van der Waals surface area contributed by atoms with Gasteiger partial charge in [-0.15, -0.1) is 0 Å². The zero-order chi connectivity index (χ0) is 45.9. The van der Waals surface area contributed by atoms with Crippen molar-refractivity contribution in [3.8, 4) is 0 Å². The van der Waals surface area contributed by atoms with Gasteiger partial charge in [-0.3, -0.25) is 4.79 Å². The number of rotatable bonds is 34. The lowest BCUT2D eigenvalue weighted by atomic mass is 9.98. The van der Waals surface area contributed by atoms with E-state index in [0.29, 0.717) is 13.0 Å². The van der Waals surface area contributed by atoms with Crippen molar-refractivity contribution in [3.05, 3.63) is 85.1 Å². The van der Waals surface area contributed by atoms with E-state index in [1.807, 2.05) is 6.92 Å². The number of hydrogen-bond donors (Lipinski definition) is 7. The van der Waals surface area contributed by atoms with E-state index >= 15 is 0 Å². The highest BCUT2D eigenvalue weighted by molar-refractivity contribution is 5.69. The first-order valence-corrected chi connectivity index (χ1v) is 23.2. The highest BCUT2D eigenvalue weighted by Gasteiger charge is 2.47. The Bertz CT molecular complexity index is 1360. The first-order chi connectivity index (χ1) is 30.6. The second-order valence-electron chi connectivity index (χ2n) is 15.8. The fourth-order valence-corrected chi connectivity index (χ4v) is 6.61. The van der Waals surface area contributed by atoms with Gasteiger partial charge in [0.1, 0.15) is 54.9 Å². The molecule has 0 amide bonds. The standard InChI is InChI=1S/C49H80O14/c1-3-5-7-8-9-10-11-12-13-14-15-16-17-18-19-20-21-22-23-24-25-26-27-28-29-31-33-58-35-38(61-41(51)32-30-6-4-2)36-59-48-47(57)45(55)43(53)40(63-48)37-60-49-46(56)44(54)42(52)39(34-50)62-49/h5,7,9-10,12-13,15-16,18-19,21-22,24-25,38-40,42-50,52-57H,3-4,6,8,11,14,17,20,23,26-37H2,1-2H3/b7-5-,10-9-,13-12-,16-15-,19-18-,22-21-,25-24-. The summed E-state index contributed by atoms with van der Waals surface area (Å²) in [4.78, 5) is 12.6. The summed E-state index contributed by atoms with van der Waals surface area (Å²) in [5, 5.41) is 71.5. The molecule has 11 atom stereocenters. The van der Waals surface area contributed by atoms with Crippen molar-refractivity contribution in [3.63, 3.8) is 0 Å². The van der Waals surface area contributed by atoms with Crippen LogP contribution in [0, 0.1) is 0 Å². The second kappa shape index (κ2) is 36.4. The molecule has 14 heteroatoms. The molecule has 0 aromatic rings. The van der Waals surface area contributed by atoms with Crippen LogP contribution in [0.5, 0.6) is 0 Å². The van der Waals surface area contributed by atoms with Gasteiger partial charge in [-0.25, -0.2) is 0 Å². The number of aliphatic hydroxyl groups is 7. The quantitative estimate of drug-likeness (QED) is 0.0234. The molecular weight excluding hydrogens is 813 g/mol. The van der Waals surface area contributed by atoms with Gasteiger partial charge in [0.25, 0.3) is 0 Å². The summed E-state index contributed by atoms with van der Waals surface area (Å²) in [7, 11) is 0. The number of carbonyl (C=O) groups excluding carboxylic acids is 1. The number of allylic oxidation sites excluding steroid dienone is 14. The number of aliphatic hydroxyl groups excluding tert-OH is 7. The van der Waals surface area contributed by atoms with Crippen LogP contribution in [0.4, 0.5) is 0 Å². The van der Waals surface area contributed by atoms with Crippen molar-refractivity contribution < 1.29 is 69.0 Å². The van der Waals surface area contributed by atoms with Gasteiger partial charge in [0.15, 0.2) is 12.6 Å². The van der Waals surface area contributed by atoms with Crippen LogP contribution < -0.4 is 0 Å². The molecule has 0 radical (unpaired) electrons. The SMILES string of the molecule is CC/C=C\C/C=C\C/C=C\C/C=C\C/C=C\C/C=C\C/C=C\CCCCCCOCC(COC1OC(COC2OC(CO)C(O)C(O)C2O)C(O)C(O)C1O)OC(=O)CCCCC. The summed E-state index contributed by atoms with van der Waals surface area (Å²) in [6.45, 7) is 3.27. The number of hydrogen-bond acceptors (Lipinski definition) is 14. The van der Waals surface area contributed by atoms with E-state index in [2.05, 4.69) is 92.0 Å². The van der Waals surface area contributed by atoms with E-state index in [1.54, 1.807) is 0 Å². The minimum Gasteiger partial charge on any atom is -0.457 e. The molecule has 0 aliphatic carbocycles. The normalized spacial score (nSPS) is 27.8. The summed E-state index contributed by atoms with van der Waals surface area (Å²) in [6.07, 6.45) is 29.1. The molecule has 360 valence electrons. The van der Waals surface area contributed by atoms with Crippen molar-refractivity contribution in [2.75, 3.05) is 33.0 Å². The van der Waals surface area contributed by atoms with E-state index in [-0.39, 0.29) is 19.6 Å². The van der Waals surface area contributed by atoms with Gasteiger partial charge < -0.3 is 64.2 Å². The van der Waals surface area contributed by atoms with Crippen LogP contribution in [0.2, 0.25) is 0 Å². The van der Waals surface area contributed by atoms with Crippen LogP contribution in [-0.2, 0) is 33.2 Å². The number of unbranched alkanes of at least 4 members (excludes halogenated alkanes) is 6. The Morgan fingerprint density at radius 3 is 1.57 bits per heavy atom. The van der Waals surface area contributed by atoms with Crippen molar-refractivity contribution in [2.45, 2.75) is 184 Å². The van der Waals surface area contributed by atoms with Crippen LogP contribution in [0.1, 0.15) is 117 Å². The number of ether oxygens (including phenoxy) is 6. The van der Waals surface area contributed by atoms with Gasteiger partial charge in [-0.05, 0) is 70.6 Å². The van der Waals surface area contributed by atoms with Crippen LogP contribution in [-0.4, -0.2) is 142 Å². The van der Waals surface area contributed by atoms with Crippen molar-refractivity contribution in [1.82, 2.24) is 0 Å². The molecule has 2 aliphatic heterocycles. The van der Waals surface area contributed by atoms with Crippen molar-refractivity contribution >= 4 is 5.97 Å². The lowest BCUT2D eigenvalue weighted by molar-refractivity contribution is -0.332. The lowest BCUT2D eigenvalue weighted by Crippen LogP contribution is -2.61. The third-order valence-corrected chi connectivity index (χ3v) is 10.4. The first kappa shape index (κ1) is 56.3. The van der Waals surface area contributed by atoms with E-state index in [1.165, 1.54) is 0 Å². The van der Waals surface area contributed by atoms with Gasteiger partial charge in [0.2, 0.25) is 0 Å². The predicted octanol–water partition coefficient (Wildman–Crippen LogP) is 5.73. The topological polar surface area (TPSA) is 214 Å². The Hall–Kier alpha value is -2.83. The predicted molar refractivity (Wildman–Crippen MR) is 242 cm³/mol. The third kappa shape index (κ3) is 24.9. The van der Waals surface area contributed by atoms with E-state index in [0.717, 1.165) is 89.9 Å². The van der Waals surface area contributed by atoms with E-state index in [4.69, 9.17) is 28.4 Å². The molecule has 2 heterocycles. The Balaban J connectivity index is 1.65. The molecule has 0 spiro atoms. The number of esters is 1. The van der Waals surface area contributed by atoms with Crippen LogP contribution in [0.3, 0.4) is 0 Å². The minimum absolute atomic E-state index is 0.0362. The summed E-state index contributed by atoms with van der Waals surface area (Å²) in [5.74, 6) is -0.416. The smallest absolute Gasteiger partial charge is 0.306 e. The summed E-state index contributed by atoms with van der Waals surface area (Å²) >= 11 is 0. The first-order valence-electron chi connectivity index (χ1n) is 23.2. The van der Waals surface area contributed by atoms with Gasteiger partial charge in [0, 0.05) is 13.0 Å². The monoisotopic (exact) mass is 893 g/mol. The van der Waals surface area contributed by atoms with Crippen LogP contribution in [0.15, 0.2) is 85.1 Å². The van der Waals surface area contributed by atoms with Gasteiger partial charge in [-0.1, -0.05) is 125 Å². The Morgan fingerprint density at radius 1 is 0.540 bits per heavy atom. The molecule has 2 saturated heterocycles. The highest BCUT2D eigenvalue weighted by Crippen LogP contribution is 2.26. The Morgan fingerprint density at radius 2 is 1.03 bits per heavy atom. The summed E-state index contributed by atoms with van der Waals surface area (Å²) in [5.41, 5.74) is 0. The van der Waals surface area contributed by atoms with Crippen molar-refractivity contribution in [1.29, 1.82) is 0 Å². The molecular formula is C49H80O14. The van der Waals surface area contributed by atoms with Crippen molar-refractivity contribution in [2.24, 2.45) is 0 Å². The van der Waals surface area contributed by atoms with Crippen LogP contribution >= 0.6 is 0 Å². The molecule has 2 fully saturated rings. The molecule has 2 aliphatic rings. The fourth-order valence-electron chi connectivity index (χ4n) is 6.61. The van der Waals surface area contributed by atoms with Gasteiger partial charge >= 0.3 is 5.97 Å². The lowest BCUT2D eigenvalue weighted by Gasteiger charge is -2.42. The van der Waals surface area contributed by atoms with E-state index < -0.39 is 86.7 Å². The van der Waals surface area contributed by atoms with Crippen LogP contribution in [0.25, 0.3) is 0 Å². The summed E-state index contributed by atoms with van der Waals surface area (Å²) in [6, 6.07) is 0. The molecule has 0 aromatic carbocycles. The Labute approximate surface area is 376 Å². The average Bonchev–Trinajstić information content (AvgIpc) is 3.28. The number of carbonyl (C=O) groups is 1. The second-order valence-corrected chi connectivity index (χ2v) is 15.8. The third-order valence-electron chi connectivity index (χ3n) is 10.4. The van der Waals surface area contributed by atoms with Gasteiger partial charge in [0.05, 0.1) is 26.4 Å². The molecule has 0 aromatic heterocycles. The molecule has 14 nitrogen and oxygen atoms in total.